The largest absolute Gasteiger partial charge is 0.487 e. The van der Waals surface area contributed by atoms with Crippen LogP contribution in [0.2, 0.25) is 18.1 Å². The third-order valence-electron chi connectivity index (χ3n) is 8.23. The third-order valence-corrected chi connectivity index (χ3v) is 11.9. The van der Waals surface area contributed by atoms with E-state index in [1.165, 1.54) is 69.9 Å². The van der Waals surface area contributed by atoms with Crippen LogP contribution in [-0.2, 0) is 6.42 Å². The van der Waals surface area contributed by atoms with Crippen molar-refractivity contribution in [2.75, 3.05) is 6.61 Å². The molecule has 1 heterocycles. The lowest BCUT2D eigenvalue weighted by Gasteiger charge is -2.37. The molecule has 0 radical (unpaired) electrons. The summed E-state index contributed by atoms with van der Waals surface area (Å²) >= 11 is 0. The SMILES string of the molecule is CCC[Si@H]1CC[C@H]([C@H]2CC[C@H](CCCCc3ccc(OCC(F)(F)C(F)(F)F)cc3)CC2)CC1. The van der Waals surface area contributed by atoms with Gasteiger partial charge in [0.2, 0.25) is 0 Å². The summed E-state index contributed by atoms with van der Waals surface area (Å²) in [4.78, 5) is 0. The fourth-order valence-electron chi connectivity index (χ4n) is 6.08. The van der Waals surface area contributed by atoms with Crippen molar-refractivity contribution >= 4 is 8.80 Å². The van der Waals surface area contributed by atoms with Crippen molar-refractivity contribution < 1.29 is 26.7 Å². The van der Waals surface area contributed by atoms with E-state index >= 15 is 0 Å². The Bertz CT molecular complexity index is 705. The summed E-state index contributed by atoms with van der Waals surface area (Å²) in [7, 11) is -0.375. The fraction of sp³-hybridized carbons (Fsp3) is 0.778. The van der Waals surface area contributed by atoms with E-state index < -0.39 is 18.7 Å². The molecule has 1 aromatic carbocycles. The molecule has 34 heavy (non-hydrogen) atoms. The lowest BCUT2D eigenvalue weighted by atomic mass is 9.73. The van der Waals surface area contributed by atoms with E-state index in [-0.39, 0.29) is 14.5 Å². The van der Waals surface area contributed by atoms with Gasteiger partial charge in [-0.3, -0.25) is 0 Å². The second-order valence-electron chi connectivity index (χ2n) is 10.7. The molecule has 1 aromatic rings. The second-order valence-corrected chi connectivity index (χ2v) is 14.2. The Labute approximate surface area is 203 Å². The van der Waals surface area contributed by atoms with E-state index in [1.807, 2.05) is 0 Å². The number of hydrogen-bond acceptors (Lipinski definition) is 1. The van der Waals surface area contributed by atoms with Gasteiger partial charge >= 0.3 is 12.1 Å². The predicted molar refractivity (Wildman–Crippen MR) is 131 cm³/mol. The Morgan fingerprint density at radius 3 is 2.06 bits per heavy atom. The first-order valence-corrected chi connectivity index (χ1v) is 15.8. The molecule has 2 aliphatic rings. The number of benzene rings is 1. The van der Waals surface area contributed by atoms with E-state index in [1.54, 1.807) is 30.3 Å². The van der Waals surface area contributed by atoms with Crippen molar-refractivity contribution in [3.05, 3.63) is 29.8 Å². The number of aryl methyl sites for hydroxylation is 1. The van der Waals surface area contributed by atoms with E-state index in [2.05, 4.69) is 11.7 Å². The van der Waals surface area contributed by atoms with Crippen molar-refractivity contribution in [1.82, 2.24) is 0 Å². The summed E-state index contributed by atoms with van der Waals surface area (Å²) in [6.07, 6.45) is 8.83. The number of alkyl halides is 5. The van der Waals surface area contributed by atoms with Gasteiger partial charge in [0, 0.05) is 8.80 Å². The zero-order valence-corrected chi connectivity index (χ0v) is 21.7. The summed E-state index contributed by atoms with van der Waals surface area (Å²) in [6.45, 7) is 0.642. The first kappa shape index (κ1) is 27.5. The molecule has 0 atom stereocenters. The predicted octanol–water partition coefficient (Wildman–Crippen LogP) is 8.83. The topological polar surface area (TPSA) is 9.23 Å². The Balaban J connectivity index is 1.28. The van der Waals surface area contributed by atoms with E-state index in [9.17, 15) is 22.0 Å². The molecule has 1 aliphatic carbocycles. The van der Waals surface area contributed by atoms with Gasteiger partial charge in [-0.05, 0) is 61.1 Å². The van der Waals surface area contributed by atoms with Gasteiger partial charge in [0.25, 0.3) is 0 Å². The molecule has 1 saturated heterocycles. The van der Waals surface area contributed by atoms with E-state index in [0.717, 1.165) is 36.2 Å². The zero-order chi connectivity index (χ0) is 24.6. The Kier molecular flexibility index (Phi) is 10.3. The molecule has 1 aliphatic heterocycles. The maximum absolute atomic E-state index is 13.0. The Morgan fingerprint density at radius 2 is 1.47 bits per heavy atom. The Morgan fingerprint density at radius 1 is 0.853 bits per heavy atom. The lowest BCUT2D eigenvalue weighted by molar-refractivity contribution is -0.290. The maximum atomic E-state index is 13.0. The zero-order valence-electron chi connectivity index (χ0n) is 20.5. The van der Waals surface area contributed by atoms with Crippen LogP contribution in [0.1, 0.15) is 76.7 Å². The highest BCUT2D eigenvalue weighted by molar-refractivity contribution is 6.58. The molecule has 1 saturated carbocycles. The maximum Gasteiger partial charge on any atom is 0.456 e. The number of unbranched alkanes of at least 4 members (excludes halogenated alkanes) is 1. The van der Waals surface area contributed by atoms with Gasteiger partial charge < -0.3 is 4.74 Å². The van der Waals surface area contributed by atoms with Crippen LogP contribution in [0.25, 0.3) is 0 Å². The van der Waals surface area contributed by atoms with Gasteiger partial charge in [-0.15, -0.1) is 0 Å². The van der Waals surface area contributed by atoms with Crippen molar-refractivity contribution in [2.45, 2.75) is 108 Å². The van der Waals surface area contributed by atoms with Crippen LogP contribution in [0, 0.1) is 17.8 Å². The van der Waals surface area contributed by atoms with E-state index in [0.29, 0.717) is 0 Å². The summed E-state index contributed by atoms with van der Waals surface area (Å²) in [5, 5.41) is 0. The number of rotatable bonds is 11. The Hall–Kier alpha value is -1.11. The molecule has 0 N–H and O–H groups in total. The van der Waals surface area contributed by atoms with Crippen LogP contribution in [0.5, 0.6) is 5.75 Å². The highest BCUT2D eigenvalue weighted by Crippen LogP contribution is 2.42. The molecule has 0 unspecified atom stereocenters. The van der Waals surface area contributed by atoms with E-state index in [4.69, 9.17) is 0 Å². The highest BCUT2D eigenvalue weighted by Gasteiger charge is 2.58. The molecule has 0 amide bonds. The second kappa shape index (κ2) is 12.7. The first-order chi connectivity index (χ1) is 16.2. The van der Waals surface area contributed by atoms with Crippen LogP contribution in [0.4, 0.5) is 22.0 Å². The van der Waals surface area contributed by atoms with Gasteiger partial charge in [0.1, 0.15) is 5.75 Å². The molecule has 194 valence electrons. The monoisotopic (exact) mass is 504 g/mol. The summed E-state index contributed by atoms with van der Waals surface area (Å²) in [5.74, 6) is -1.97. The fourth-order valence-corrected chi connectivity index (χ4v) is 9.56. The van der Waals surface area contributed by atoms with Gasteiger partial charge in [-0.2, -0.15) is 22.0 Å². The lowest BCUT2D eigenvalue weighted by Crippen LogP contribution is -2.41. The quantitative estimate of drug-likeness (QED) is 0.166. The number of halogens is 5. The van der Waals surface area contributed by atoms with Crippen LogP contribution in [0.15, 0.2) is 24.3 Å². The van der Waals surface area contributed by atoms with Crippen LogP contribution in [0.3, 0.4) is 0 Å². The normalized spacial score (nSPS) is 26.4. The van der Waals surface area contributed by atoms with Gasteiger partial charge in [-0.25, -0.2) is 0 Å². The van der Waals surface area contributed by atoms with Crippen LogP contribution >= 0.6 is 0 Å². The minimum Gasteiger partial charge on any atom is -0.487 e. The van der Waals surface area contributed by atoms with Crippen molar-refractivity contribution in [2.24, 2.45) is 17.8 Å². The molecule has 7 heteroatoms. The minimum absolute atomic E-state index is 0.0330. The minimum atomic E-state index is -5.60. The number of hydrogen-bond donors (Lipinski definition) is 0. The van der Waals surface area contributed by atoms with Crippen LogP contribution in [-0.4, -0.2) is 27.5 Å². The first-order valence-electron chi connectivity index (χ1n) is 13.3. The van der Waals surface area contributed by atoms with Crippen LogP contribution < -0.4 is 4.74 Å². The van der Waals surface area contributed by atoms with Gasteiger partial charge in [-0.1, -0.05) is 82.1 Å². The van der Waals surface area contributed by atoms with Crippen molar-refractivity contribution in [3.8, 4) is 5.75 Å². The molecule has 3 rings (SSSR count). The summed E-state index contributed by atoms with van der Waals surface area (Å²) in [6, 6.07) is 11.2. The molecule has 0 spiro atoms. The average molecular weight is 505 g/mol. The number of ether oxygens (including phenoxy) is 1. The van der Waals surface area contributed by atoms with Crippen molar-refractivity contribution in [1.29, 1.82) is 0 Å². The molecule has 0 bridgehead atoms. The standard InChI is InChI=1S/C27H41F5OSi/c1-2-17-34-18-15-24(16-19-34)23-11-7-21(8-12-23)5-3-4-6-22-9-13-25(14-10-22)33-20-26(28,29)27(30,31)32/h9-10,13-14,21,23-24,34H,2-8,11-12,15-20H2,1H3/t21-,23-,24-,34-. The highest BCUT2D eigenvalue weighted by atomic mass is 28.3. The van der Waals surface area contributed by atoms with Crippen molar-refractivity contribution in [3.63, 3.8) is 0 Å². The average Bonchev–Trinajstić information content (AvgIpc) is 2.82. The molecule has 0 aromatic heterocycles. The summed E-state index contributed by atoms with van der Waals surface area (Å²) < 4.78 is 67.2. The smallest absolute Gasteiger partial charge is 0.456 e. The molecular formula is C27H41F5OSi. The molecule has 2 fully saturated rings. The van der Waals surface area contributed by atoms with Gasteiger partial charge in [0.15, 0.2) is 6.61 Å². The molecule has 1 nitrogen and oxygen atoms in total. The summed E-state index contributed by atoms with van der Waals surface area (Å²) in [5.41, 5.74) is 1.06. The van der Waals surface area contributed by atoms with Gasteiger partial charge in [0.05, 0.1) is 0 Å². The molecular weight excluding hydrogens is 463 g/mol. The third kappa shape index (κ3) is 8.23.